The van der Waals surface area contributed by atoms with Crippen LogP contribution >= 0.6 is 15.9 Å². The van der Waals surface area contributed by atoms with Crippen LogP contribution in [0.1, 0.15) is 39.1 Å². The van der Waals surface area contributed by atoms with E-state index in [1.54, 1.807) is 36.4 Å². The van der Waals surface area contributed by atoms with Crippen molar-refractivity contribution in [2.24, 2.45) is 5.92 Å². The minimum absolute atomic E-state index is 0.169. The molecule has 0 aromatic heterocycles. The van der Waals surface area contributed by atoms with Crippen LogP contribution in [0, 0.1) is 5.92 Å². The lowest BCUT2D eigenvalue weighted by Crippen LogP contribution is -2.38. The van der Waals surface area contributed by atoms with E-state index in [-0.39, 0.29) is 17.3 Å². The van der Waals surface area contributed by atoms with Crippen LogP contribution < -0.4 is 0 Å². The molecule has 0 aliphatic heterocycles. The zero-order valence-electron chi connectivity index (χ0n) is 11.9. The topological polar surface area (TPSA) is 51.2 Å². The summed E-state index contributed by atoms with van der Waals surface area (Å²) in [5.41, 5.74) is 1.44. The van der Waals surface area contributed by atoms with Crippen molar-refractivity contribution in [1.29, 1.82) is 0 Å². The smallest absolute Gasteiger partial charge is 0.175 e. The van der Waals surface area contributed by atoms with Gasteiger partial charge in [-0.15, -0.1) is 0 Å². The predicted molar refractivity (Wildman–Crippen MR) is 86.2 cm³/mol. The SMILES string of the molecule is CC(=O)C1C(=O)c2ccccc2C(=O)C1c1ccc(Br)cc1. The summed E-state index contributed by atoms with van der Waals surface area (Å²) in [5, 5.41) is 0. The number of hydrogen-bond donors (Lipinski definition) is 0. The summed E-state index contributed by atoms with van der Waals surface area (Å²) in [4.78, 5) is 37.6. The second-order valence-corrected chi connectivity index (χ2v) is 6.31. The maximum Gasteiger partial charge on any atom is 0.175 e. The molecule has 0 radical (unpaired) electrons. The van der Waals surface area contributed by atoms with Gasteiger partial charge in [-0.3, -0.25) is 14.4 Å². The summed E-state index contributed by atoms with van der Waals surface area (Å²) < 4.78 is 0.880. The van der Waals surface area contributed by atoms with Gasteiger partial charge in [0.25, 0.3) is 0 Å². The van der Waals surface area contributed by atoms with Gasteiger partial charge in [-0.2, -0.15) is 0 Å². The monoisotopic (exact) mass is 356 g/mol. The normalized spacial score (nSPS) is 20.6. The largest absolute Gasteiger partial charge is 0.299 e. The Hall–Kier alpha value is -2.07. The molecule has 22 heavy (non-hydrogen) atoms. The quantitative estimate of drug-likeness (QED) is 0.768. The average molecular weight is 357 g/mol. The van der Waals surface area contributed by atoms with E-state index in [2.05, 4.69) is 15.9 Å². The van der Waals surface area contributed by atoms with Crippen LogP contribution in [-0.2, 0) is 4.79 Å². The minimum Gasteiger partial charge on any atom is -0.299 e. The summed E-state index contributed by atoms with van der Waals surface area (Å²) in [5.74, 6) is -2.40. The van der Waals surface area contributed by atoms with Gasteiger partial charge >= 0.3 is 0 Å². The summed E-state index contributed by atoms with van der Waals surface area (Å²) in [6.07, 6.45) is 0. The number of Topliss-reactive ketones (excluding diaryl/α,β-unsaturated/α-hetero) is 3. The molecule has 3 nitrogen and oxygen atoms in total. The van der Waals surface area contributed by atoms with E-state index in [4.69, 9.17) is 0 Å². The van der Waals surface area contributed by atoms with E-state index >= 15 is 0 Å². The second kappa shape index (κ2) is 5.61. The third-order valence-corrected chi connectivity index (χ3v) is 4.55. The number of carbonyl (C=O) groups is 3. The molecule has 2 atom stereocenters. The highest BCUT2D eigenvalue weighted by Crippen LogP contribution is 2.37. The van der Waals surface area contributed by atoms with E-state index in [0.717, 1.165) is 4.47 Å². The summed E-state index contributed by atoms with van der Waals surface area (Å²) in [7, 11) is 0. The molecule has 1 aliphatic rings. The first-order valence-electron chi connectivity index (χ1n) is 6.94. The Morgan fingerprint density at radius 1 is 0.909 bits per heavy atom. The summed E-state index contributed by atoms with van der Waals surface area (Å²) >= 11 is 3.35. The predicted octanol–water partition coefficient (Wildman–Crippen LogP) is 3.82. The van der Waals surface area contributed by atoms with Gasteiger partial charge in [0.1, 0.15) is 5.78 Å². The molecule has 3 rings (SSSR count). The van der Waals surface area contributed by atoms with Crippen molar-refractivity contribution in [2.45, 2.75) is 12.8 Å². The van der Waals surface area contributed by atoms with Gasteiger partial charge in [0.05, 0.1) is 11.8 Å². The fraction of sp³-hybridized carbons (Fsp3) is 0.167. The Morgan fingerprint density at radius 2 is 1.45 bits per heavy atom. The van der Waals surface area contributed by atoms with Crippen molar-refractivity contribution in [3.63, 3.8) is 0 Å². The molecule has 0 amide bonds. The van der Waals surface area contributed by atoms with Crippen LogP contribution in [0.3, 0.4) is 0 Å². The minimum atomic E-state index is -0.941. The third-order valence-electron chi connectivity index (χ3n) is 4.02. The molecule has 0 N–H and O–H groups in total. The first-order chi connectivity index (χ1) is 10.5. The Morgan fingerprint density at radius 3 is 2.00 bits per heavy atom. The molecule has 2 aromatic rings. The zero-order valence-corrected chi connectivity index (χ0v) is 13.5. The first-order valence-corrected chi connectivity index (χ1v) is 7.73. The van der Waals surface area contributed by atoms with E-state index < -0.39 is 11.8 Å². The van der Waals surface area contributed by atoms with Crippen LogP contribution in [0.5, 0.6) is 0 Å². The molecule has 0 saturated heterocycles. The molecule has 0 saturated carbocycles. The van der Waals surface area contributed by atoms with Crippen LogP contribution in [0.2, 0.25) is 0 Å². The molecule has 0 spiro atoms. The average Bonchev–Trinajstić information content (AvgIpc) is 2.51. The van der Waals surface area contributed by atoms with Crippen LogP contribution in [0.4, 0.5) is 0 Å². The molecule has 2 aromatic carbocycles. The van der Waals surface area contributed by atoms with E-state index in [9.17, 15) is 14.4 Å². The van der Waals surface area contributed by atoms with Gasteiger partial charge in [0, 0.05) is 15.6 Å². The van der Waals surface area contributed by atoms with Crippen molar-refractivity contribution in [3.8, 4) is 0 Å². The summed E-state index contributed by atoms with van der Waals surface area (Å²) in [6.45, 7) is 1.37. The van der Waals surface area contributed by atoms with Crippen molar-refractivity contribution in [3.05, 3.63) is 69.7 Å². The Labute approximate surface area is 136 Å². The number of halogens is 1. The second-order valence-electron chi connectivity index (χ2n) is 5.39. The maximum absolute atomic E-state index is 12.8. The molecular formula is C18H13BrO3. The van der Waals surface area contributed by atoms with Crippen LogP contribution in [-0.4, -0.2) is 17.3 Å². The standard InChI is InChI=1S/C18H13BrO3/c1-10(20)15-16(11-6-8-12(19)9-7-11)18(22)14-5-3-2-4-13(14)17(15)21/h2-9,15-16H,1H3. The van der Waals surface area contributed by atoms with E-state index in [1.807, 2.05) is 12.1 Å². The lowest BCUT2D eigenvalue weighted by molar-refractivity contribution is -0.119. The van der Waals surface area contributed by atoms with Gasteiger partial charge in [-0.1, -0.05) is 52.3 Å². The lowest BCUT2D eigenvalue weighted by atomic mass is 9.70. The number of rotatable bonds is 2. The molecule has 0 bridgehead atoms. The summed E-state index contributed by atoms with van der Waals surface area (Å²) in [6, 6.07) is 13.9. The first kappa shape index (κ1) is 14.9. The molecule has 0 heterocycles. The number of ketones is 3. The van der Waals surface area contributed by atoms with E-state index in [1.165, 1.54) is 6.92 Å². The Bertz CT molecular complexity index is 777. The highest BCUT2D eigenvalue weighted by atomic mass is 79.9. The number of fused-ring (bicyclic) bond motifs is 1. The number of hydrogen-bond acceptors (Lipinski definition) is 3. The maximum atomic E-state index is 12.8. The Kier molecular flexibility index (Phi) is 3.79. The molecular weight excluding hydrogens is 344 g/mol. The van der Waals surface area contributed by atoms with Crippen LogP contribution in [0.15, 0.2) is 53.0 Å². The third kappa shape index (κ3) is 2.33. The van der Waals surface area contributed by atoms with Crippen molar-refractivity contribution in [2.75, 3.05) is 0 Å². The van der Waals surface area contributed by atoms with Gasteiger partial charge in [-0.05, 0) is 24.6 Å². The van der Waals surface area contributed by atoms with Gasteiger partial charge < -0.3 is 0 Å². The highest BCUT2D eigenvalue weighted by molar-refractivity contribution is 9.10. The molecule has 2 unspecified atom stereocenters. The van der Waals surface area contributed by atoms with Crippen LogP contribution in [0.25, 0.3) is 0 Å². The fourth-order valence-corrected chi connectivity index (χ4v) is 3.25. The fourth-order valence-electron chi connectivity index (χ4n) is 2.98. The molecule has 110 valence electrons. The van der Waals surface area contributed by atoms with Crippen molar-refractivity contribution in [1.82, 2.24) is 0 Å². The Balaban J connectivity index is 2.19. The van der Waals surface area contributed by atoms with Gasteiger partial charge in [-0.25, -0.2) is 0 Å². The van der Waals surface area contributed by atoms with Crippen molar-refractivity contribution >= 4 is 33.3 Å². The van der Waals surface area contributed by atoms with Crippen molar-refractivity contribution < 1.29 is 14.4 Å². The highest BCUT2D eigenvalue weighted by Gasteiger charge is 2.44. The molecule has 0 fully saturated rings. The van der Waals surface area contributed by atoms with Gasteiger partial charge in [0.2, 0.25) is 0 Å². The number of carbonyl (C=O) groups excluding carboxylic acids is 3. The van der Waals surface area contributed by atoms with E-state index in [0.29, 0.717) is 16.7 Å². The number of benzene rings is 2. The van der Waals surface area contributed by atoms with Gasteiger partial charge in [0.15, 0.2) is 11.6 Å². The molecule has 1 aliphatic carbocycles. The molecule has 4 heteroatoms. The lowest BCUT2D eigenvalue weighted by Gasteiger charge is -2.29. The zero-order chi connectivity index (χ0) is 15.9.